The molecule has 0 N–H and O–H groups in total. The Bertz CT molecular complexity index is 383. The molecule has 2 aliphatic heterocycles. The predicted octanol–water partition coefficient (Wildman–Crippen LogP) is 1.15. The van der Waals surface area contributed by atoms with Crippen LogP contribution in [0.5, 0.6) is 0 Å². The van der Waals surface area contributed by atoms with Gasteiger partial charge in [0.25, 0.3) is 0 Å². The fraction of sp³-hybridized carbons (Fsp3) is 0.833. The highest BCUT2D eigenvalue weighted by atomic mass is 32.1. The van der Waals surface area contributed by atoms with Crippen molar-refractivity contribution in [3.05, 3.63) is 5.82 Å². The first-order chi connectivity index (χ1) is 8.83. The van der Waals surface area contributed by atoms with Crippen LogP contribution < -0.4 is 4.90 Å². The van der Waals surface area contributed by atoms with E-state index in [1.807, 2.05) is 6.92 Å². The maximum absolute atomic E-state index is 5.42. The van der Waals surface area contributed by atoms with Crippen molar-refractivity contribution in [3.63, 3.8) is 0 Å². The Morgan fingerprint density at radius 1 is 1.17 bits per heavy atom. The number of rotatable bonds is 2. The van der Waals surface area contributed by atoms with Crippen molar-refractivity contribution in [2.75, 3.05) is 44.3 Å². The van der Waals surface area contributed by atoms with Gasteiger partial charge in [-0.05, 0) is 19.8 Å². The molecule has 1 aromatic heterocycles. The van der Waals surface area contributed by atoms with Crippen LogP contribution in [-0.4, -0.2) is 59.7 Å². The molecule has 18 heavy (non-hydrogen) atoms. The van der Waals surface area contributed by atoms with Crippen molar-refractivity contribution < 1.29 is 4.74 Å². The van der Waals surface area contributed by atoms with Gasteiger partial charge in [0, 0.05) is 43.8 Å². The zero-order chi connectivity index (χ0) is 12.4. The Hall–Kier alpha value is -0.720. The SMILES string of the molecule is Cc1nsc(N2CCC(N3CCOCC3)CC2)n1. The zero-order valence-electron chi connectivity index (χ0n) is 10.8. The van der Waals surface area contributed by atoms with E-state index in [9.17, 15) is 0 Å². The minimum Gasteiger partial charge on any atom is -0.379 e. The third-order valence-corrected chi connectivity index (χ3v) is 4.68. The maximum Gasteiger partial charge on any atom is 0.205 e. The molecule has 0 spiro atoms. The summed E-state index contributed by atoms with van der Waals surface area (Å²) in [5, 5.41) is 1.09. The first kappa shape index (κ1) is 12.3. The monoisotopic (exact) mass is 268 g/mol. The van der Waals surface area contributed by atoms with Crippen LogP contribution in [0.4, 0.5) is 5.13 Å². The van der Waals surface area contributed by atoms with Gasteiger partial charge in [0.1, 0.15) is 5.82 Å². The Balaban J connectivity index is 1.54. The van der Waals surface area contributed by atoms with E-state index >= 15 is 0 Å². The lowest BCUT2D eigenvalue weighted by Gasteiger charge is -2.39. The van der Waals surface area contributed by atoms with Crippen molar-refractivity contribution >= 4 is 16.7 Å². The second-order valence-corrected chi connectivity index (χ2v) is 5.72. The van der Waals surface area contributed by atoms with Gasteiger partial charge in [-0.15, -0.1) is 0 Å². The van der Waals surface area contributed by atoms with Gasteiger partial charge in [-0.1, -0.05) is 0 Å². The summed E-state index contributed by atoms with van der Waals surface area (Å²) in [5.74, 6) is 0.894. The summed E-state index contributed by atoms with van der Waals surface area (Å²) in [6, 6.07) is 0.735. The Labute approximate surface area is 112 Å². The average molecular weight is 268 g/mol. The first-order valence-corrected chi connectivity index (χ1v) is 7.47. The normalized spacial score (nSPS) is 23.5. The summed E-state index contributed by atoms with van der Waals surface area (Å²) in [4.78, 5) is 9.44. The van der Waals surface area contributed by atoms with Crippen LogP contribution in [0, 0.1) is 6.92 Å². The van der Waals surface area contributed by atoms with E-state index in [1.165, 1.54) is 24.4 Å². The second kappa shape index (κ2) is 5.50. The molecule has 0 saturated carbocycles. The van der Waals surface area contributed by atoms with Gasteiger partial charge in [0.2, 0.25) is 5.13 Å². The molecule has 1 aromatic rings. The van der Waals surface area contributed by atoms with E-state index in [0.717, 1.165) is 56.4 Å². The van der Waals surface area contributed by atoms with Gasteiger partial charge in [0.15, 0.2) is 0 Å². The number of morpholine rings is 1. The molecular weight excluding hydrogens is 248 g/mol. The summed E-state index contributed by atoms with van der Waals surface area (Å²) < 4.78 is 9.68. The van der Waals surface area contributed by atoms with Crippen molar-refractivity contribution in [3.8, 4) is 0 Å². The number of aromatic nitrogens is 2. The molecule has 0 bridgehead atoms. The smallest absolute Gasteiger partial charge is 0.205 e. The van der Waals surface area contributed by atoms with Gasteiger partial charge < -0.3 is 9.64 Å². The zero-order valence-corrected chi connectivity index (χ0v) is 11.7. The number of piperidine rings is 1. The minimum absolute atomic E-state index is 0.735. The van der Waals surface area contributed by atoms with Crippen molar-refractivity contribution in [1.29, 1.82) is 0 Å². The highest BCUT2D eigenvalue weighted by Crippen LogP contribution is 2.24. The Morgan fingerprint density at radius 3 is 2.50 bits per heavy atom. The number of aryl methyl sites for hydroxylation is 1. The maximum atomic E-state index is 5.42. The lowest BCUT2D eigenvalue weighted by Crippen LogP contribution is -2.49. The Kier molecular flexibility index (Phi) is 3.77. The second-order valence-electron chi connectivity index (χ2n) is 4.99. The molecule has 3 rings (SSSR count). The van der Waals surface area contributed by atoms with E-state index < -0.39 is 0 Å². The molecule has 0 aliphatic carbocycles. The van der Waals surface area contributed by atoms with Crippen molar-refractivity contribution in [1.82, 2.24) is 14.3 Å². The molecule has 0 aromatic carbocycles. The summed E-state index contributed by atoms with van der Waals surface area (Å²) in [7, 11) is 0. The van der Waals surface area contributed by atoms with Gasteiger partial charge in [0.05, 0.1) is 13.2 Å². The van der Waals surface area contributed by atoms with E-state index in [4.69, 9.17) is 4.74 Å². The topological polar surface area (TPSA) is 41.5 Å². The molecule has 0 atom stereocenters. The highest BCUT2D eigenvalue weighted by Gasteiger charge is 2.26. The first-order valence-electron chi connectivity index (χ1n) is 6.70. The molecule has 2 fully saturated rings. The molecule has 2 aliphatic rings. The quantitative estimate of drug-likeness (QED) is 0.805. The fourth-order valence-corrected chi connectivity index (χ4v) is 3.51. The van der Waals surface area contributed by atoms with Crippen LogP contribution in [0.1, 0.15) is 18.7 Å². The molecule has 5 nitrogen and oxygen atoms in total. The minimum atomic E-state index is 0.735. The van der Waals surface area contributed by atoms with Gasteiger partial charge >= 0.3 is 0 Å². The standard InChI is InChI=1S/C12H20N4OS/c1-10-13-12(18-14-10)16-4-2-11(3-5-16)15-6-8-17-9-7-15/h11H,2-9H2,1H3. The summed E-state index contributed by atoms with van der Waals surface area (Å²) in [6.07, 6.45) is 2.47. The van der Waals surface area contributed by atoms with Crippen LogP contribution in [-0.2, 0) is 4.74 Å². The van der Waals surface area contributed by atoms with Crippen molar-refractivity contribution in [2.45, 2.75) is 25.8 Å². The molecule has 6 heteroatoms. The van der Waals surface area contributed by atoms with Gasteiger partial charge in [-0.2, -0.15) is 4.37 Å². The van der Waals surface area contributed by atoms with Crippen LogP contribution >= 0.6 is 11.5 Å². The number of hydrogen-bond donors (Lipinski definition) is 0. The number of hydrogen-bond acceptors (Lipinski definition) is 6. The van der Waals surface area contributed by atoms with Crippen LogP contribution in [0.2, 0.25) is 0 Å². The van der Waals surface area contributed by atoms with E-state index in [1.54, 1.807) is 0 Å². The Morgan fingerprint density at radius 2 is 1.89 bits per heavy atom. The average Bonchev–Trinajstić information content (AvgIpc) is 2.87. The number of anilines is 1. The molecule has 2 saturated heterocycles. The van der Waals surface area contributed by atoms with Gasteiger partial charge in [-0.25, -0.2) is 4.98 Å². The molecule has 0 radical (unpaired) electrons. The molecule has 0 unspecified atom stereocenters. The van der Waals surface area contributed by atoms with Crippen LogP contribution in [0.3, 0.4) is 0 Å². The molecule has 0 amide bonds. The number of ether oxygens (including phenoxy) is 1. The summed E-state index contributed by atoms with van der Waals surface area (Å²) >= 11 is 1.52. The lowest BCUT2D eigenvalue weighted by molar-refractivity contribution is 0.0115. The van der Waals surface area contributed by atoms with E-state index in [2.05, 4.69) is 19.2 Å². The predicted molar refractivity (Wildman–Crippen MR) is 72.3 cm³/mol. The third kappa shape index (κ3) is 2.65. The van der Waals surface area contributed by atoms with E-state index in [0.29, 0.717) is 0 Å². The summed E-state index contributed by atoms with van der Waals surface area (Å²) in [6.45, 7) is 8.17. The fourth-order valence-electron chi connectivity index (χ4n) is 2.78. The number of nitrogens with zero attached hydrogens (tertiary/aromatic N) is 4. The van der Waals surface area contributed by atoms with Crippen LogP contribution in [0.25, 0.3) is 0 Å². The molecular formula is C12H20N4OS. The highest BCUT2D eigenvalue weighted by molar-refractivity contribution is 7.09. The largest absolute Gasteiger partial charge is 0.379 e. The molecule has 100 valence electrons. The molecule has 3 heterocycles. The van der Waals surface area contributed by atoms with E-state index in [-0.39, 0.29) is 0 Å². The van der Waals surface area contributed by atoms with Crippen molar-refractivity contribution in [2.24, 2.45) is 0 Å². The lowest BCUT2D eigenvalue weighted by atomic mass is 10.0. The van der Waals surface area contributed by atoms with Gasteiger partial charge in [-0.3, -0.25) is 4.90 Å². The third-order valence-electron chi connectivity index (χ3n) is 3.81. The van der Waals surface area contributed by atoms with Crippen LogP contribution in [0.15, 0.2) is 0 Å². The summed E-state index contributed by atoms with van der Waals surface area (Å²) in [5.41, 5.74) is 0.